The van der Waals surface area contributed by atoms with Gasteiger partial charge in [0.25, 0.3) is 0 Å². The summed E-state index contributed by atoms with van der Waals surface area (Å²) in [6, 6.07) is 5.36. The molecule has 6 nitrogen and oxygen atoms in total. The van der Waals surface area contributed by atoms with E-state index in [1.165, 1.54) is 0 Å². The average Bonchev–Trinajstić information content (AvgIpc) is 2.91. The summed E-state index contributed by atoms with van der Waals surface area (Å²) in [6.45, 7) is 9.15. The van der Waals surface area contributed by atoms with Gasteiger partial charge >= 0.3 is 0 Å². The van der Waals surface area contributed by atoms with Gasteiger partial charge in [-0.05, 0) is 5.56 Å². The van der Waals surface area contributed by atoms with Crippen molar-refractivity contribution in [2.75, 3.05) is 5.32 Å². The number of hydrogen-bond acceptors (Lipinski definition) is 3. The highest BCUT2D eigenvalue weighted by molar-refractivity contribution is 5.91. The predicted molar refractivity (Wildman–Crippen MR) is 88.6 cm³/mol. The molecule has 0 saturated heterocycles. The van der Waals surface area contributed by atoms with Crippen LogP contribution in [0.2, 0.25) is 0 Å². The number of rotatable bonds is 3. The van der Waals surface area contributed by atoms with Gasteiger partial charge in [-0.1, -0.05) is 33.8 Å². The van der Waals surface area contributed by atoms with Gasteiger partial charge in [0, 0.05) is 35.6 Å². The molecule has 1 aliphatic heterocycles. The smallest absolute Gasteiger partial charge is 0.247 e. The molecule has 0 bridgehead atoms. The third kappa shape index (κ3) is 2.48. The van der Waals surface area contributed by atoms with Crippen molar-refractivity contribution in [1.29, 1.82) is 0 Å². The Morgan fingerprint density at radius 1 is 1.13 bits per heavy atom. The second-order valence-electron chi connectivity index (χ2n) is 7.13. The van der Waals surface area contributed by atoms with Crippen LogP contribution in [0.3, 0.4) is 0 Å². The Balaban J connectivity index is 2.01. The molecule has 0 aromatic carbocycles. The molecule has 122 valence electrons. The van der Waals surface area contributed by atoms with Crippen molar-refractivity contribution >= 4 is 11.7 Å². The van der Waals surface area contributed by atoms with E-state index < -0.39 is 0 Å². The van der Waals surface area contributed by atoms with Gasteiger partial charge in [0.1, 0.15) is 5.82 Å². The van der Waals surface area contributed by atoms with Crippen molar-refractivity contribution in [2.45, 2.75) is 51.5 Å². The molecule has 3 rings (SSSR count). The molecule has 0 fully saturated rings. The Morgan fingerprint density at radius 3 is 2.52 bits per heavy atom. The zero-order valence-corrected chi connectivity index (χ0v) is 13.9. The minimum absolute atomic E-state index is 0.0293. The number of aromatic amines is 1. The Hall–Kier alpha value is -2.37. The molecule has 0 spiro atoms. The molecule has 0 atom stereocenters. The number of nitrogens with zero attached hydrogens (tertiary/aromatic N) is 2. The Kier molecular flexibility index (Phi) is 3.43. The highest BCUT2D eigenvalue weighted by atomic mass is 16.2. The maximum atomic E-state index is 11.5. The Morgan fingerprint density at radius 2 is 1.87 bits per heavy atom. The first-order valence-corrected chi connectivity index (χ1v) is 7.79. The van der Waals surface area contributed by atoms with Crippen LogP contribution in [0.25, 0.3) is 0 Å². The van der Waals surface area contributed by atoms with Crippen LogP contribution in [0.5, 0.6) is 0 Å². The molecule has 2 aromatic rings. The van der Waals surface area contributed by atoms with Gasteiger partial charge in [-0.2, -0.15) is 5.10 Å². The van der Waals surface area contributed by atoms with E-state index >= 15 is 0 Å². The van der Waals surface area contributed by atoms with Gasteiger partial charge in [-0.3, -0.25) is 9.59 Å². The number of amides is 1. The van der Waals surface area contributed by atoms with E-state index in [4.69, 9.17) is 5.10 Å². The molecule has 0 saturated carbocycles. The summed E-state index contributed by atoms with van der Waals surface area (Å²) < 4.78 is 1.85. The number of fused-ring (bicyclic) bond motifs is 1. The topological polar surface area (TPSA) is 79.8 Å². The fraction of sp³-hybridized carbons (Fsp3) is 0.471. The van der Waals surface area contributed by atoms with Gasteiger partial charge in [-0.15, -0.1) is 0 Å². The van der Waals surface area contributed by atoms with Crippen LogP contribution in [0.15, 0.2) is 29.2 Å². The van der Waals surface area contributed by atoms with Gasteiger partial charge in [0.15, 0.2) is 0 Å². The second-order valence-corrected chi connectivity index (χ2v) is 7.13. The standard InChI is InChI=1S/C17H22N4O2/c1-16(2,11-5-6-14(22)18-10-11)17(3,4)12-9-13-19-15(23)7-8-21(13)20-12/h5-6,9-10H,7-8H2,1-4H3,(H,18,22)(H,19,23). The SMILES string of the molecule is CC(C)(c1ccc(=O)[nH]c1)C(C)(C)c1cc2n(n1)CCC(=O)N2. The molecule has 1 amide bonds. The average molecular weight is 314 g/mol. The molecular formula is C17H22N4O2. The molecule has 2 aromatic heterocycles. The largest absolute Gasteiger partial charge is 0.329 e. The molecule has 23 heavy (non-hydrogen) atoms. The number of hydrogen-bond donors (Lipinski definition) is 2. The molecule has 6 heteroatoms. The number of aromatic nitrogens is 3. The molecule has 1 aliphatic rings. The molecular weight excluding hydrogens is 292 g/mol. The summed E-state index contributed by atoms with van der Waals surface area (Å²) in [7, 11) is 0. The third-order valence-corrected chi connectivity index (χ3v) is 5.31. The van der Waals surface area contributed by atoms with Crippen molar-refractivity contribution in [3.63, 3.8) is 0 Å². The lowest BCUT2D eigenvalue weighted by Crippen LogP contribution is -2.41. The number of carbonyl (C=O) groups is 1. The lowest BCUT2D eigenvalue weighted by atomic mass is 9.63. The third-order valence-electron chi connectivity index (χ3n) is 5.31. The predicted octanol–water partition coefficient (Wildman–Crippen LogP) is 2.17. The number of H-pyrrole nitrogens is 1. The molecule has 0 aliphatic carbocycles. The number of pyridine rings is 1. The summed E-state index contributed by atoms with van der Waals surface area (Å²) in [5, 5.41) is 7.56. The molecule has 3 heterocycles. The highest BCUT2D eigenvalue weighted by Gasteiger charge is 2.42. The highest BCUT2D eigenvalue weighted by Crippen LogP contribution is 2.43. The van der Waals surface area contributed by atoms with Crippen molar-refractivity contribution < 1.29 is 4.79 Å². The lowest BCUT2D eigenvalue weighted by molar-refractivity contribution is -0.116. The fourth-order valence-corrected chi connectivity index (χ4v) is 2.89. The first kappa shape index (κ1) is 15.5. The monoisotopic (exact) mass is 314 g/mol. The van der Waals surface area contributed by atoms with Gasteiger partial charge in [-0.25, -0.2) is 4.68 Å². The summed E-state index contributed by atoms with van der Waals surface area (Å²) in [5.41, 5.74) is 1.30. The number of aryl methyl sites for hydroxylation is 1. The summed E-state index contributed by atoms with van der Waals surface area (Å²) in [6.07, 6.45) is 2.22. The van der Waals surface area contributed by atoms with E-state index in [9.17, 15) is 9.59 Å². The van der Waals surface area contributed by atoms with Gasteiger partial charge in [0.05, 0.1) is 12.2 Å². The zero-order chi connectivity index (χ0) is 16.8. The van der Waals surface area contributed by atoms with Gasteiger partial charge < -0.3 is 10.3 Å². The first-order chi connectivity index (χ1) is 10.7. The van der Waals surface area contributed by atoms with E-state index in [0.29, 0.717) is 13.0 Å². The fourth-order valence-electron chi connectivity index (χ4n) is 2.89. The maximum Gasteiger partial charge on any atom is 0.247 e. The Labute approximate surface area is 134 Å². The molecule has 2 N–H and O–H groups in total. The minimum atomic E-state index is -0.291. The van der Waals surface area contributed by atoms with Crippen LogP contribution >= 0.6 is 0 Å². The molecule has 0 unspecified atom stereocenters. The van der Waals surface area contributed by atoms with Crippen LogP contribution in [0.4, 0.5) is 5.82 Å². The van der Waals surface area contributed by atoms with E-state index in [1.807, 2.05) is 16.8 Å². The van der Waals surface area contributed by atoms with Crippen LogP contribution in [-0.2, 0) is 22.2 Å². The minimum Gasteiger partial charge on any atom is -0.329 e. The lowest BCUT2D eigenvalue weighted by Gasteiger charge is -2.40. The van der Waals surface area contributed by atoms with Crippen molar-refractivity contribution in [3.05, 3.63) is 46.0 Å². The van der Waals surface area contributed by atoms with Crippen LogP contribution in [0, 0.1) is 0 Å². The summed E-state index contributed by atoms with van der Waals surface area (Å²) >= 11 is 0. The van der Waals surface area contributed by atoms with Crippen molar-refractivity contribution in [1.82, 2.24) is 14.8 Å². The van der Waals surface area contributed by atoms with E-state index in [2.05, 4.69) is 38.0 Å². The van der Waals surface area contributed by atoms with E-state index in [-0.39, 0.29) is 22.3 Å². The Bertz CT molecular complexity index is 794. The number of carbonyl (C=O) groups excluding carboxylic acids is 1. The number of nitrogens with one attached hydrogen (secondary N) is 2. The van der Waals surface area contributed by atoms with Crippen LogP contribution in [0.1, 0.15) is 45.4 Å². The second kappa shape index (κ2) is 5.08. The summed E-state index contributed by atoms with van der Waals surface area (Å²) in [4.78, 5) is 25.6. The quantitative estimate of drug-likeness (QED) is 0.911. The summed E-state index contributed by atoms with van der Waals surface area (Å²) in [5.74, 6) is 0.781. The van der Waals surface area contributed by atoms with Crippen molar-refractivity contribution in [3.8, 4) is 0 Å². The normalized spacial score (nSPS) is 15.2. The first-order valence-electron chi connectivity index (χ1n) is 7.79. The molecule has 0 radical (unpaired) electrons. The maximum absolute atomic E-state index is 11.5. The van der Waals surface area contributed by atoms with Gasteiger partial charge in [0.2, 0.25) is 11.5 Å². The van der Waals surface area contributed by atoms with E-state index in [0.717, 1.165) is 17.1 Å². The zero-order valence-electron chi connectivity index (χ0n) is 13.9. The van der Waals surface area contributed by atoms with Crippen molar-refractivity contribution in [2.24, 2.45) is 0 Å². The van der Waals surface area contributed by atoms with Crippen LogP contribution < -0.4 is 10.9 Å². The number of anilines is 1. The van der Waals surface area contributed by atoms with E-state index in [1.54, 1.807) is 12.3 Å². The van der Waals surface area contributed by atoms with Crippen LogP contribution in [-0.4, -0.2) is 20.7 Å².